The van der Waals surface area contributed by atoms with Crippen molar-refractivity contribution in [2.24, 2.45) is 0 Å². The van der Waals surface area contributed by atoms with Gasteiger partial charge in [-0.2, -0.15) is 10.2 Å². The number of hydrogen-bond acceptors (Lipinski definition) is 6. The van der Waals surface area contributed by atoms with Gasteiger partial charge in [-0.3, -0.25) is 0 Å². The molecule has 6 heteroatoms. The number of aromatic nitrogens is 2. The van der Waals surface area contributed by atoms with E-state index in [2.05, 4.69) is 40.2 Å². The summed E-state index contributed by atoms with van der Waals surface area (Å²) in [5.41, 5.74) is 3.39. The molecule has 1 aliphatic heterocycles. The first kappa shape index (κ1) is 18.9. The highest BCUT2D eigenvalue weighted by molar-refractivity contribution is 5.68. The van der Waals surface area contributed by atoms with E-state index in [0.29, 0.717) is 5.56 Å². The molecule has 1 fully saturated rings. The van der Waals surface area contributed by atoms with Gasteiger partial charge in [0.1, 0.15) is 5.82 Å². The molecule has 0 bridgehead atoms. The molecule has 1 saturated heterocycles. The third kappa shape index (κ3) is 4.53. The number of benzene rings is 2. The average Bonchev–Trinajstić information content (AvgIpc) is 2.79. The van der Waals surface area contributed by atoms with Crippen LogP contribution in [0.5, 0.6) is 0 Å². The average molecular weight is 384 g/mol. The van der Waals surface area contributed by atoms with Crippen LogP contribution in [0.4, 0.5) is 17.5 Å². The Morgan fingerprint density at radius 1 is 0.966 bits per heavy atom. The molecule has 0 spiro atoms. The van der Waals surface area contributed by atoms with Crippen LogP contribution in [-0.4, -0.2) is 47.6 Å². The summed E-state index contributed by atoms with van der Waals surface area (Å²) in [7, 11) is 0. The molecule has 4 rings (SSSR count). The van der Waals surface area contributed by atoms with E-state index in [1.165, 1.54) is 0 Å². The van der Waals surface area contributed by atoms with Gasteiger partial charge >= 0.3 is 0 Å². The number of anilines is 3. The lowest BCUT2D eigenvalue weighted by molar-refractivity contribution is 0.270. The minimum Gasteiger partial charge on any atom is -0.340 e. The first-order valence-electron chi connectivity index (χ1n) is 9.94. The highest BCUT2D eigenvalue weighted by atomic mass is 15.3. The maximum Gasteiger partial charge on any atom is 0.227 e. The predicted octanol–water partition coefficient (Wildman–Crippen LogP) is 3.90. The lowest BCUT2D eigenvalue weighted by Crippen LogP contribution is -2.46. The Labute approximate surface area is 171 Å². The van der Waals surface area contributed by atoms with Gasteiger partial charge in [0.25, 0.3) is 0 Å². The number of piperazine rings is 1. The molecular formula is C23H24N6. The summed E-state index contributed by atoms with van der Waals surface area (Å²) in [6.07, 6.45) is 0. The molecule has 3 aromatic rings. The molecule has 0 aliphatic carbocycles. The van der Waals surface area contributed by atoms with Gasteiger partial charge in [0.2, 0.25) is 5.95 Å². The van der Waals surface area contributed by atoms with Crippen LogP contribution in [-0.2, 0) is 0 Å². The molecular weight excluding hydrogens is 360 g/mol. The molecule has 146 valence electrons. The van der Waals surface area contributed by atoms with Gasteiger partial charge in [0, 0.05) is 43.5 Å². The van der Waals surface area contributed by atoms with Crippen LogP contribution in [0.25, 0.3) is 11.3 Å². The van der Waals surface area contributed by atoms with Crippen molar-refractivity contribution in [3.8, 4) is 17.3 Å². The van der Waals surface area contributed by atoms with E-state index < -0.39 is 0 Å². The Hall–Kier alpha value is -3.43. The fourth-order valence-corrected chi connectivity index (χ4v) is 3.48. The molecule has 1 aromatic heterocycles. The maximum absolute atomic E-state index is 9.16. The van der Waals surface area contributed by atoms with Crippen molar-refractivity contribution >= 4 is 17.5 Å². The van der Waals surface area contributed by atoms with Gasteiger partial charge in [-0.25, -0.2) is 4.98 Å². The molecule has 2 heterocycles. The van der Waals surface area contributed by atoms with E-state index in [4.69, 9.17) is 15.2 Å². The third-order valence-electron chi connectivity index (χ3n) is 5.15. The molecule has 1 N–H and O–H groups in total. The van der Waals surface area contributed by atoms with Gasteiger partial charge in [-0.1, -0.05) is 43.3 Å². The van der Waals surface area contributed by atoms with Crippen molar-refractivity contribution in [1.29, 1.82) is 5.26 Å². The van der Waals surface area contributed by atoms with Crippen molar-refractivity contribution in [3.63, 3.8) is 0 Å². The largest absolute Gasteiger partial charge is 0.340 e. The number of rotatable bonds is 5. The molecule has 0 atom stereocenters. The zero-order chi connectivity index (χ0) is 20.1. The molecule has 29 heavy (non-hydrogen) atoms. The van der Waals surface area contributed by atoms with Gasteiger partial charge in [0.05, 0.1) is 17.3 Å². The Balaban J connectivity index is 1.67. The smallest absolute Gasteiger partial charge is 0.227 e. The summed E-state index contributed by atoms with van der Waals surface area (Å²) in [4.78, 5) is 14.3. The standard InChI is InChI=1S/C23H24N6/c1-2-28-11-13-29(14-12-28)23-26-21(19-8-4-3-5-9-19)16-22(27-23)25-20-10-6-7-18(15-20)17-24/h3-10,15-16H,2,11-14H2,1H3,(H,25,26,27). The third-order valence-corrected chi connectivity index (χ3v) is 5.15. The van der Waals surface area contributed by atoms with Gasteiger partial charge in [0.15, 0.2) is 0 Å². The molecule has 0 amide bonds. The number of nitrogens with one attached hydrogen (secondary N) is 1. The normalized spacial score (nSPS) is 14.4. The Morgan fingerprint density at radius 2 is 1.76 bits per heavy atom. The first-order valence-corrected chi connectivity index (χ1v) is 9.94. The number of hydrogen-bond donors (Lipinski definition) is 1. The molecule has 0 radical (unpaired) electrons. The van der Waals surface area contributed by atoms with Crippen LogP contribution in [0.2, 0.25) is 0 Å². The fourth-order valence-electron chi connectivity index (χ4n) is 3.48. The lowest BCUT2D eigenvalue weighted by atomic mass is 10.1. The molecule has 6 nitrogen and oxygen atoms in total. The zero-order valence-electron chi connectivity index (χ0n) is 16.5. The van der Waals surface area contributed by atoms with Crippen molar-refractivity contribution < 1.29 is 0 Å². The van der Waals surface area contributed by atoms with Crippen LogP contribution >= 0.6 is 0 Å². The van der Waals surface area contributed by atoms with E-state index in [9.17, 15) is 0 Å². The summed E-state index contributed by atoms with van der Waals surface area (Å²) in [5, 5.41) is 12.5. The van der Waals surface area contributed by atoms with Crippen molar-refractivity contribution in [3.05, 3.63) is 66.2 Å². The molecule has 1 aliphatic rings. The van der Waals surface area contributed by atoms with Crippen LogP contribution in [0.15, 0.2) is 60.7 Å². The molecule has 0 saturated carbocycles. The minimum atomic E-state index is 0.614. The van der Waals surface area contributed by atoms with Crippen LogP contribution in [0.1, 0.15) is 12.5 Å². The highest BCUT2D eigenvalue weighted by Gasteiger charge is 2.19. The summed E-state index contributed by atoms with van der Waals surface area (Å²) in [6, 6.07) is 21.7. The highest BCUT2D eigenvalue weighted by Crippen LogP contribution is 2.25. The SMILES string of the molecule is CCN1CCN(c2nc(Nc3cccc(C#N)c3)cc(-c3ccccc3)n2)CC1. The Morgan fingerprint density at radius 3 is 2.48 bits per heavy atom. The second-order valence-electron chi connectivity index (χ2n) is 7.04. The van der Waals surface area contributed by atoms with Gasteiger partial charge in [-0.05, 0) is 24.7 Å². The maximum atomic E-state index is 9.16. The summed E-state index contributed by atoms with van der Waals surface area (Å²) < 4.78 is 0. The summed E-state index contributed by atoms with van der Waals surface area (Å²) in [6.45, 7) is 7.12. The van der Waals surface area contributed by atoms with E-state index in [1.54, 1.807) is 6.07 Å². The summed E-state index contributed by atoms with van der Waals surface area (Å²) >= 11 is 0. The summed E-state index contributed by atoms with van der Waals surface area (Å²) in [5.74, 6) is 1.46. The van der Waals surface area contributed by atoms with E-state index in [1.807, 2.05) is 42.5 Å². The number of likely N-dealkylation sites (N-methyl/N-ethyl adjacent to an activating group) is 1. The second kappa shape index (κ2) is 8.72. The van der Waals surface area contributed by atoms with Crippen LogP contribution < -0.4 is 10.2 Å². The number of nitrogens with zero attached hydrogens (tertiary/aromatic N) is 5. The van der Waals surface area contributed by atoms with E-state index in [-0.39, 0.29) is 0 Å². The number of nitriles is 1. The monoisotopic (exact) mass is 384 g/mol. The zero-order valence-corrected chi connectivity index (χ0v) is 16.5. The fraction of sp³-hybridized carbons (Fsp3) is 0.261. The Bertz CT molecular complexity index is 1000. The Kier molecular flexibility index (Phi) is 5.68. The predicted molar refractivity (Wildman–Crippen MR) is 116 cm³/mol. The van der Waals surface area contributed by atoms with Gasteiger partial charge in [-0.15, -0.1) is 0 Å². The molecule has 2 aromatic carbocycles. The lowest BCUT2D eigenvalue weighted by Gasteiger charge is -2.34. The van der Waals surface area contributed by atoms with Gasteiger partial charge < -0.3 is 15.1 Å². The quantitative estimate of drug-likeness (QED) is 0.720. The first-order chi connectivity index (χ1) is 14.2. The van der Waals surface area contributed by atoms with Crippen LogP contribution in [0.3, 0.4) is 0 Å². The van der Waals surface area contributed by atoms with Crippen molar-refractivity contribution in [1.82, 2.24) is 14.9 Å². The minimum absolute atomic E-state index is 0.614. The van der Waals surface area contributed by atoms with E-state index in [0.717, 1.165) is 61.4 Å². The molecule has 0 unspecified atom stereocenters. The van der Waals surface area contributed by atoms with Crippen molar-refractivity contribution in [2.75, 3.05) is 42.9 Å². The van der Waals surface area contributed by atoms with Crippen LogP contribution in [0, 0.1) is 11.3 Å². The second-order valence-corrected chi connectivity index (χ2v) is 7.04. The van der Waals surface area contributed by atoms with E-state index >= 15 is 0 Å². The van der Waals surface area contributed by atoms with Crippen molar-refractivity contribution in [2.45, 2.75) is 6.92 Å². The topological polar surface area (TPSA) is 68.1 Å².